The number of benzene rings is 2. The van der Waals surface area contributed by atoms with Crippen molar-refractivity contribution in [1.29, 1.82) is 0 Å². The number of aromatic nitrogens is 2. The van der Waals surface area contributed by atoms with Crippen LogP contribution in [-0.2, 0) is 13.1 Å². The fourth-order valence-corrected chi connectivity index (χ4v) is 4.47. The van der Waals surface area contributed by atoms with Gasteiger partial charge in [-0.25, -0.2) is 0 Å². The van der Waals surface area contributed by atoms with Crippen LogP contribution >= 0.6 is 0 Å². The molecule has 0 aliphatic carbocycles. The molecular weight excluding hydrogens is 356 g/mol. The highest BCUT2D eigenvalue weighted by Crippen LogP contribution is 2.40. The largest absolute Gasteiger partial charge is 0.349 e. The zero-order valence-corrected chi connectivity index (χ0v) is 16.0. The first kappa shape index (κ1) is 16.3. The monoisotopic (exact) mass is 376 g/mol. The second-order valence-electron chi connectivity index (χ2n) is 7.65. The Morgan fingerprint density at radius 2 is 1.10 bits per heavy atom. The Kier molecular flexibility index (Phi) is 3.63. The van der Waals surface area contributed by atoms with Gasteiger partial charge in [0.25, 0.3) is 0 Å². The molecular formula is C25H20N4. The van der Waals surface area contributed by atoms with E-state index in [2.05, 4.69) is 68.3 Å². The first-order valence-electron chi connectivity index (χ1n) is 9.94. The van der Waals surface area contributed by atoms with Gasteiger partial charge in [0.15, 0.2) is 0 Å². The van der Waals surface area contributed by atoms with Crippen molar-refractivity contribution in [2.75, 3.05) is 16.5 Å². The average molecular weight is 376 g/mol. The first-order chi connectivity index (χ1) is 14.3. The Morgan fingerprint density at radius 3 is 1.55 bits per heavy atom. The number of pyridine rings is 2. The smallest absolute Gasteiger partial charge is 0.0910 e. The summed E-state index contributed by atoms with van der Waals surface area (Å²) in [5.74, 6) is 0. The predicted molar refractivity (Wildman–Crippen MR) is 117 cm³/mol. The summed E-state index contributed by atoms with van der Waals surface area (Å²) in [6, 6.07) is 25.6. The van der Waals surface area contributed by atoms with Gasteiger partial charge in [-0.1, -0.05) is 24.3 Å². The third kappa shape index (κ3) is 2.76. The Morgan fingerprint density at radius 1 is 0.586 bits per heavy atom. The highest BCUT2D eigenvalue weighted by molar-refractivity contribution is 5.74. The fraction of sp³-hybridized carbons (Fsp3) is 0.120. The molecule has 2 aromatic carbocycles. The van der Waals surface area contributed by atoms with Gasteiger partial charge in [-0.2, -0.15) is 0 Å². The number of hydrogen-bond donors (Lipinski definition) is 0. The van der Waals surface area contributed by atoms with Crippen LogP contribution in [0.25, 0.3) is 22.5 Å². The van der Waals surface area contributed by atoms with Gasteiger partial charge in [0.2, 0.25) is 0 Å². The van der Waals surface area contributed by atoms with Gasteiger partial charge in [-0.05, 0) is 59.7 Å². The molecule has 0 atom stereocenters. The number of rotatable bonds is 2. The molecule has 0 N–H and O–H groups in total. The molecule has 2 aliphatic rings. The Bertz CT molecular complexity index is 1090. The van der Waals surface area contributed by atoms with Crippen molar-refractivity contribution < 1.29 is 0 Å². The number of anilines is 2. The van der Waals surface area contributed by atoms with Crippen molar-refractivity contribution in [3.8, 4) is 22.5 Å². The minimum absolute atomic E-state index is 0.919. The van der Waals surface area contributed by atoms with Crippen molar-refractivity contribution in [1.82, 2.24) is 9.97 Å². The van der Waals surface area contributed by atoms with E-state index < -0.39 is 0 Å². The van der Waals surface area contributed by atoms with Crippen LogP contribution in [-0.4, -0.2) is 16.6 Å². The molecule has 4 heteroatoms. The van der Waals surface area contributed by atoms with Crippen LogP contribution in [0.3, 0.4) is 0 Å². The van der Waals surface area contributed by atoms with E-state index in [1.54, 1.807) is 0 Å². The van der Waals surface area contributed by atoms with Gasteiger partial charge in [0.05, 0.1) is 18.1 Å². The SMILES string of the molecule is c1ccc(-c2ccc3c(c2)CN2CN3Cc3cc(-c4ccccn4)ccc32)nc1. The third-order valence-corrected chi connectivity index (χ3v) is 5.83. The van der Waals surface area contributed by atoms with Crippen molar-refractivity contribution in [2.45, 2.75) is 13.1 Å². The maximum absolute atomic E-state index is 4.51. The summed E-state index contributed by atoms with van der Waals surface area (Å²) in [6.07, 6.45) is 3.71. The Hall–Kier alpha value is -3.66. The van der Waals surface area contributed by atoms with Crippen LogP contribution in [0.2, 0.25) is 0 Å². The molecule has 0 fully saturated rings. The van der Waals surface area contributed by atoms with Gasteiger partial charge in [-0.15, -0.1) is 0 Å². The van der Waals surface area contributed by atoms with Crippen LogP contribution in [0, 0.1) is 0 Å². The lowest BCUT2D eigenvalue weighted by Gasteiger charge is -2.45. The maximum Gasteiger partial charge on any atom is 0.0910 e. The van der Waals surface area contributed by atoms with E-state index in [1.165, 1.54) is 33.6 Å². The van der Waals surface area contributed by atoms with E-state index >= 15 is 0 Å². The Labute approximate surface area is 170 Å². The molecule has 6 rings (SSSR count). The van der Waals surface area contributed by atoms with E-state index in [1.807, 2.05) is 36.7 Å². The van der Waals surface area contributed by atoms with Crippen molar-refractivity contribution in [3.05, 3.63) is 96.3 Å². The van der Waals surface area contributed by atoms with E-state index in [-0.39, 0.29) is 0 Å². The summed E-state index contributed by atoms with van der Waals surface area (Å²) in [5, 5.41) is 0. The molecule has 0 unspecified atom stereocenters. The van der Waals surface area contributed by atoms with Gasteiger partial charge < -0.3 is 9.80 Å². The van der Waals surface area contributed by atoms with Gasteiger partial charge in [-0.3, -0.25) is 9.97 Å². The molecule has 2 bridgehead atoms. The van der Waals surface area contributed by atoms with Gasteiger partial charge in [0.1, 0.15) is 0 Å². The van der Waals surface area contributed by atoms with Crippen molar-refractivity contribution in [2.24, 2.45) is 0 Å². The molecule has 0 spiro atoms. The normalized spacial score (nSPS) is 14.3. The van der Waals surface area contributed by atoms with E-state index in [4.69, 9.17) is 0 Å². The van der Waals surface area contributed by atoms with Gasteiger partial charge >= 0.3 is 0 Å². The fourth-order valence-electron chi connectivity index (χ4n) is 4.47. The molecule has 4 heterocycles. The molecule has 0 saturated heterocycles. The van der Waals surface area contributed by atoms with Crippen molar-refractivity contribution in [3.63, 3.8) is 0 Å². The third-order valence-electron chi connectivity index (χ3n) is 5.83. The average Bonchev–Trinajstić information content (AvgIpc) is 2.79. The van der Waals surface area contributed by atoms with Crippen LogP contribution in [0.4, 0.5) is 11.4 Å². The second-order valence-corrected chi connectivity index (χ2v) is 7.65. The molecule has 2 aliphatic heterocycles. The van der Waals surface area contributed by atoms with Crippen LogP contribution in [0.1, 0.15) is 11.1 Å². The predicted octanol–water partition coefficient (Wildman–Crippen LogP) is 5.11. The standard InChI is InChI=1S/C25H20N4/c1-3-11-26-22(5-1)18-7-9-24-20(13-18)15-28-17-29(24)16-21-14-19(8-10-25(21)28)23-6-2-4-12-27-23/h1-14H,15-17H2. The van der Waals surface area contributed by atoms with E-state index in [0.717, 1.165) is 31.1 Å². The summed E-state index contributed by atoms with van der Waals surface area (Å²) < 4.78 is 0. The lowest BCUT2D eigenvalue weighted by Crippen LogP contribution is -2.46. The quantitative estimate of drug-likeness (QED) is 0.487. The number of nitrogens with zero attached hydrogens (tertiary/aromatic N) is 4. The van der Waals surface area contributed by atoms with Crippen LogP contribution in [0.5, 0.6) is 0 Å². The van der Waals surface area contributed by atoms with E-state index in [0.29, 0.717) is 0 Å². The molecule has 140 valence electrons. The zero-order chi connectivity index (χ0) is 19.2. The van der Waals surface area contributed by atoms with Gasteiger partial charge in [0, 0.05) is 48.0 Å². The molecule has 4 nitrogen and oxygen atoms in total. The number of hydrogen-bond acceptors (Lipinski definition) is 4. The lowest BCUT2D eigenvalue weighted by molar-refractivity contribution is 0.651. The molecule has 29 heavy (non-hydrogen) atoms. The first-order valence-corrected chi connectivity index (χ1v) is 9.94. The molecule has 0 amide bonds. The molecule has 2 aromatic heterocycles. The summed E-state index contributed by atoms with van der Waals surface area (Å²) in [6.45, 7) is 2.77. The molecule has 0 saturated carbocycles. The lowest BCUT2D eigenvalue weighted by atomic mass is 9.97. The summed E-state index contributed by atoms with van der Waals surface area (Å²) in [5.41, 5.74) is 9.78. The topological polar surface area (TPSA) is 32.3 Å². The summed E-state index contributed by atoms with van der Waals surface area (Å²) >= 11 is 0. The summed E-state index contributed by atoms with van der Waals surface area (Å²) in [4.78, 5) is 14.0. The zero-order valence-electron chi connectivity index (χ0n) is 16.0. The minimum Gasteiger partial charge on any atom is -0.349 e. The highest BCUT2D eigenvalue weighted by Gasteiger charge is 2.29. The van der Waals surface area contributed by atoms with Crippen LogP contribution < -0.4 is 9.80 Å². The maximum atomic E-state index is 4.51. The van der Waals surface area contributed by atoms with Crippen molar-refractivity contribution >= 4 is 11.4 Å². The Balaban J connectivity index is 1.37. The molecule has 4 aromatic rings. The molecule has 0 radical (unpaired) electrons. The van der Waals surface area contributed by atoms with E-state index in [9.17, 15) is 0 Å². The second kappa shape index (κ2) is 6.45. The van der Waals surface area contributed by atoms with Crippen LogP contribution in [0.15, 0.2) is 85.2 Å². The minimum atomic E-state index is 0.919. The summed E-state index contributed by atoms with van der Waals surface area (Å²) in [7, 11) is 0. The number of fused-ring (bicyclic) bond motifs is 6. The highest BCUT2D eigenvalue weighted by atomic mass is 15.4.